The van der Waals surface area contributed by atoms with E-state index in [4.69, 9.17) is 0 Å². The first kappa shape index (κ1) is 19.1. The van der Waals surface area contributed by atoms with E-state index in [1.165, 1.54) is 5.56 Å². The maximum Gasteiger partial charge on any atom is 0.239 e. The molecule has 0 aliphatic carbocycles. The van der Waals surface area contributed by atoms with Crippen LogP contribution in [0, 0.1) is 5.41 Å². The number of amides is 1. The Morgan fingerprint density at radius 2 is 1.89 bits per heavy atom. The average molecular weight is 379 g/mol. The number of rotatable bonds is 6. The van der Waals surface area contributed by atoms with Crippen LogP contribution in [0.25, 0.3) is 0 Å². The fourth-order valence-corrected chi connectivity index (χ4v) is 4.82. The van der Waals surface area contributed by atoms with Crippen LogP contribution in [0.1, 0.15) is 17.7 Å². The second kappa shape index (κ2) is 8.02. The maximum absolute atomic E-state index is 13.0. The summed E-state index contributed by atoms with van der Waals surface area (Å²) in [7, 11) is 4.02. The smallest absolute Gasteiger partial charge is 0.239 e. The molecule has 148 valence electrons. The van der Waals surface area contributed by atoms with Gasteiger partial charge < -0.3 is 4.90 Å². The minimum atomic E-state index is 0.00704. The monoisotopic (exact) mass is 378 g/mol. The highest BCUT2D eigenvalue weighted by molar-refractivity contribution is 5.82. The van der Waals surface area contributed by atoms with Crippen LogP contribution in [0.3, 0.4) is 0 Å². The fourth-order valence-electron chi connectivity index (χ4n) is 4.82. The van der Waals surface area contributed by atoms with Crippen LogP contribution in [0.4, 0.5) is 0 Å². The Balaban J connectivity index is 1.28. The van der Waals surface area contributed by atoms with Crippen molar-refractivity contribution in [3.8, 4) is 0 Å². The predicted molar refractivity (Wildman–Crippen MR) is 111 cm³/mol. The zero-order chi connectivity index (χ0) is 19.6. The van der Waals surface area contributed by atoms with Gasteiger partial charge in [-0.1, -0.05) is 36.4 Å². The summed E-state index contributed by atoms with van der Waals surface area (Å²) in [6.45, 7) is 4.92. The molecule has 2 fully saturated rings. The number of nitrogens with zero attached hydrogens (tertiary/aromatic N) is 4. The van der Waals surface area contributed by atoms with Gasteiger partial charge in [-0.15, -0.1) is 0 Å². The molecule has 1 aromatic heterocycles. The first-order valence-corrected chi connectivity index (χ1v) is 10.2. The van der Waals surface area contributed by atoms with Gasteiger partial charge in [-0.05, 0) is 31.2 Å². The Morgan fingerprint density at radius 3 is 2.61 bits per heavy atom. The van der Waals surface area contributed by atoms with Gasteiger partial charge >= 0.3 is 0 Å². The van der Waals surface area contributed by atoms with Gasteiger partial charge in [-0.2, -0.15) is 0 Å². The first-order valence-electron chi connectivity index (χ1n) is 10.2. The van der Waals surface area contributed by atoms with Gasteiger partial charge in [0.05, 0.1) is 6.04 Å². The van der Waals surface area contributed by atoms with Crippen molar-refractivity contribution in [3.63, 3.8) is 0 Å². The van der Waals surface area contributed by atoms with Gasteiger partial charge in [0.1, 0.15) is 0 Å². The van der Waals surface area contributed by atoms with Gasteiger partial charge in [0.2, 0.25) is 5.91 Å². The third kappa shape index (κ3) is 4.10. The molecule has 0 radical (unpaired) electrons. The molecule has 2 aromatic rings. The minimum absolute atomic E-state index is 0.00704. The molecule has 1 unspecified atom stereocenters. The number of benzene rings is 1. The van der Waals surface area contributed by atoms with E-state index in [-0.39, 0.29) is 17.4 Å². The Morgan fingerprint density at radius 1 is 1.14 bits per heavy atom. The molecule has 0 N–H and O–H groups in total. The van der Waals surface area contributed by atoms with Crippen molar-refractivity contribution in [1.82, 2.24) is 19.7 Å². The molecule has 3 heterocycles. The molecule has 1 spiro atoms. The number of carbonyl (C=O) groups excluding carboxylic acids is 1. The van der Waals surface area contributed by atoms with E-state index >= 15 is 0 Å². The normalized spacial score (nSPS) is 21.6. The number of hydrogen-bond donors (Lipinski definition) is 0. The molecule has 2 saturated heterocycles. The minimum Gasteiger partial charge on any atom is -0.344 e. The Bertz CT molecular complexity index is 789. The largest absolute Gasteiger partial charge is 0.344 e. The molecule has 1 aromatic carbocycles. The molecule has 1 amide bonds. The van der Waals surface area contributed by atoms with Crippen LogP contribution in [0.5, 0.6) is 0 Å². The summed E-state index contributed by atoms with van der Waals surface area (Å²) in [5.74, 6) is 0.247. The fraction of sp³-hybridized carbons (Fsp3) is 0.478. The van der Waals surface area contributed by atoms with Crippen molar-refractivity contribution in [1.29, 1.82) is 0 Å². The number of hydrogen-bond acceptors (Lipinski definition) is 4. The van der Waals surface area contributed by atoms with Crippen LogP contribution in [0.15, 0.2) is 54.7 Å². The van der Waals surface area contributed by atoms with Gasteiger partial charge in [-0.3, -0.25) is 19.6 Å². The van der Waals surface area contributed by atoms with Crippen molar-refractivity contribution in [3.05, 3.63) is 66.0 Å². The Hall–Kier alpha value is -2.24. The predicted octanol–water partition coefficient (Wildman–Crippen LogP) is 2.29. The standard InChI is InChI=1S/C23H30N4O/c1-25(13-11-20-10-6-7-12-24-20)22(28)21-14-23(16-26(21)2)17-27(18-23)15-19-8-4-3-5-9-19/h3-10,12,21H,11,13-18H2,1-2H3. The van der Waals surface area contributed by atoms with E-state index < -0.39 is 0 Å². The maximum atomic E-state index is 13.0. The number of aromatic nitrogens is 1. The number of likely N-dealkylation sites (N-methyl/N-ethyl adjacent to an activating group) is 2. The summed E-state index contributed by atoms with van der Waals surface area (Å²) in [5, 5.41) is 0. The van der Waals surface area contributed by atoms with Crippen LogP contribution < -0.4 is 0 Å². The second-order valence-corrected chi connectivity index (χ2v) is 8.60. The van der Waals surface area contributed by atoms with Gasteiger partial charge in [-0.25, -0.2) is 0 Å². The SMILES string of the molecule is CN(CCc1ccccn1)C(=O)C1CC2(CN(Cc3ccccc3)C2)CN1C. The lowest BCUT2D eigenvalue weighted by Crippen LogP contribution is -2.56. The highest BCUT2D eigenvalue weighted by atomic mass is 16.2. The van der Waals surface area contributed by atoms with E-state index in [1.807, 2.05) is 36.3 Å². The first-order chi connectivity index (χ1) is 13.5. The number of pyridine rings is 1. The van der Waals surface area contributed by atoms with Crippen LogP contribution in [0.2, 0.25) is 0 Å². The van der Waals surface area contributed by atoms with Crippen molar-refractivity contribution >= 4 is 5.91 Å². The van der Waals surface area contributed by atoms with Crippen LogP contribution >= 0.6 is 0 Å². The molecule has 0 saturated carbocycles. The molecule has 0 bridgehead atoms. The molecule has 1 atom stereocenters. The zero-order valence-corrected chi connectivity index (χ0v) is 16.9. The molecule has 5 heteroatoms. The summed E-state index contributed by atoms with van der Waals surface area (Å²) in [5.41, 5.74) is 2.69. The second-order valence-electron chi connectivity index (χ2n) is 8.60. The lowest BCUT2D eigenvalue weighted by molar-refractivity contribution is -0.134. The quantitative estimate of drug-likeness (QED) is 0.773. The van der Waals surface area contributed by atoms with E-state index in [1.54, 1.807) is 0 Å². The highest BCUT2D eigenvalue weighted by Gasteiger charge is 2.52. The number of likely N-dealkylation sites (tertiary alicyclic amines) is 2. The summed E-state index contributed by atoms with van der Waals surface area (Å²) in [6.07, 6.45) is 3.58. The summed E-state index contributed by atoms with van der Waals surface area (Å²) < 4.78 is 0. The van der Waals surface area contributed by atoms with Crippen molar-refractivity contribution in [2.24, 2.45) is 5.41 Å². The topological polar surface area (TPSA) is 39.7 Å². The molecule has 4 rings (SSSR count). The molecule has 28 heavy (non-hydrogen) atoms. The molecule has 2 aliphatic rings. The Kier molecular flexibility index (Phi) is 5.47. The lowest BCUT2D eigenvalue weighted by Gasteiger charge is -2.48. The van der Waals surface area contributed by atoms with E-state index in [2.05, 4.69) is 52.2 Å². The highest BCUT2D eigenvalue weighted by Crippen LogP contribution is 2.42. The van der Waals surface area contributed by atoms with Gasteiger partial charge in [0, 0.05) is 63.5 Å². The van der Waals surface area contributed by atoms with Crippen LogP contribution in [-0.2, 0) is 17.8 Å². The summed E-state index contributed by atoms with van der Waals surface area (Å²) in [4.78, 5) is 24.0. The third-order valence-electron chi connectivity index (χ3n) is 6.20. The van der Waals surface area contributed by atoms with E-state index in [0.717, 1.165) is 44.7 Å². The van der Waals surface area contributed by atoms with Gasteiger partial charge in [0.25, 0.3) is 0 Å². The summed E-state index contributed by atoms with van der Waals surface area (Å²) >= 11 is 0. The van der Waals surface area contributed by atoms with Crippen molar-refractivity contribution in [2.45, 2.75) is 25.4 Å². The average Bonchev–Trinajstić information content (AvgIpc) is 3.04. The van der Waals surface area contributed by atoms with Crippen LogP contribution in [-0.4, -0.2) is 71.9 Å². The lowest BCUT2D eigenvalue weighted by atomic mass is 9.77. The molecule has 2 aliphatic heterocycles. The zero-order valence-electron chi connectivity index (χ0n) is 16.9. The molecule has 5 nitrogen and oxygen atoms in total. The van der Waals surface area contributed by atoms with E-state index in [0.29, 0.717) is 6.54 Å². The third-order valence-corrected chi connectivity index (χ3v) is 6.20. The molecular formula is C23H30N4O. The Labute approximate surface area is 168 Å². The van der Waals surface area contributed by atoms with Crippen molar-refractivity contribution < 1.29 is 4.79 Å². The van der Waals surface area contributed by atoms with E-state index in [9.17, 15) is 4.79 Å². The number of carbonyl (C=O) groups is 1. The summed E-state index contributed by atoms with van der Waals surface area (Å²) in [6, 6.07) is 16.6. The molecular weight excluding hydrogens is 348 g/mol. The van der Waals surface area contributed by atoms with Gasteiger partial charge in [0.15, 0.2) is 0 Å². The van der Waals surface area contributed by atoms with Crippen molar-refractivity contribution in [2.75, 3.05) is 40.3 Å².